The number of anilines is 1. The molecule has 0 amide bonds. The van der Waals surface area contributed by atoms with Gasteiger partial charge in [-0.25, -0.2) is 9.78 Å². The Labute approximate surface area is 134 Å². The maximum Gasteiger partial charge on any atom is 0.337 e. The highest BCUT2D eigenvalue weighted by Gasteiger charge is 2.26. The van der Waals surface area contributed by atoms with E-state index in [1.165, 1.54) is 17.4 Å². The molecule has 9 heteroatoms. The third-order valence-electron chi connectivity index (χ3n) is 3.16. The second kappa shape index (κ2) is 5.30. The van der Waals surface area contributed by atoms with Gasteiger partial charge >= 0.3 is 5.97 Å². The number of aromatic carboxylic acids is 1. The second-order valence-electron chi connectivity index (χ2n) is 4.71. The average Bonchev–Trinajstić information content (AvgIpc) is 2.89. The predicted octanol–water partition coefficient (Wildman–Crippen LogP) is 2.49. The van der Waals surface area contributed by atoms with Crippen LogP contribution in [0.1, 0.15) is 10.4 Å². The maximum atomic E-state index is 11.6. The molecule has 2 aromatic carbocycles. The molecule has 0 aliphatic rings. The molecule has 1 aromatic heterocycles. The van der Waals surface area contributed by atoms with E-state index in [0.29, 0.717) is 21.0 Å². The van der Waals surface area contributed by atoms with Crippen molar-refractivity contribution in [2.24, 2.45) is 0 Å². The van der Waals surface area contributed by atoms with Gasteiger partial charge in [-0.2, -0.15) is 8.42 Å². The molecule has 0 unspecified atom stereocenters. The lowest BCUT2D eigenvalue weighted by Crippen LogP contribution is -2.08. The molecule has 0 radical (unpaired) electrons. The SMILES string of the molecule is Nc1ccc(-c2nc3c(S(=O)(=O)O)c(C(=O)O)ccc3s2)cc1. The third kappa shape index (κ3) is 2.77. The zero-order valence-corrected chi connectivity index (χ0v) is 13.1. The predicted molar refractivity (Wildman–Crippen MR) is 86.2 cm³/mol. The molecule has 0 saturated heterocycles. The molecule has 3 rings (SSSR count). The molecule has 0 spiro atoms. The molecule has 1 heterocycles. The lowest BCUT2D eigenvalue weighted by atomic mass is 10.2. The van der Waals surface area contributed by atoms with Crippen LogP contribution in [0.5, 0.6) is 0 Å². The van der Waals surface area contributed by atoms with Crippen LogP contribution in [0.15, 0.2) is 41.3 Å². The molecule has 0 saturated carbocycles. The van der Waals surface area contributed by atoms with E-state index in [-0.39, 0.29) is 5.52 Å². The van der Waals surface area contributed by atoms with Crippen LogP contribution in [0.3, 0.4) is 0 Å². The number of hydrogen-bond donors (Lipinski definition) is 3. The highest BCUT2D eigenvalue weighted by molar-refractivity contribution is 7.86. The summed E-state index contributed by atoms with van der Waals surface area (Å²) in [7, 11) is -4.74. The summed E-state index contributed by atoms with van der Waals surface area (Å²) in [6.45, 7) is 0. The minimum absolute atomic E-state index is 0.0655. The van der Waals surface area contributed by atoms with Gasteiger partial charge in [0.05, 0.1) is 10.3 Å². The zero-order valence-electron chi connectivity index (χ0n) is 11.4. The van der Waals surface area contributed by atoms with Crippen LogP contribution < -0.4 is 5.73 Å². The lowest BCUT2D eigenvalue weighted by Gasteiger charge is -2.03. The molecule has 0 atom stereocenters. The number of carboxylic acid groups (broad SMARTS) is 1. The Hall–Kier alpha value is -2.49. The normalized spacial score (nSPS) is 11.7. The molecule has 0 bridgehead atoms. The van der Waals surface area contributed by atoms with Gasteiger partial charge in [0.1, 0.15) is 15.4 Å². The molecule has 118 valence electrons. The smallest absolute Gasteiger partial charge is 0.337 e. The molecule has 7 nitrogen and oxygen atoms in total. The first-order valence-electron chi connectivity index (χ1n) is 6.27. The second-order valence-corrected chi connectivity index (χ2v) is 7.10. The number of fused-ring (bicyclic) bond motifs is 1. The molecular weight excluding hydrogens is 340 g/mol. The molecule has 3 aromatic rings. The standard InChI is InChI=1S/C14H10N2O5S2/c15-8-3-1-7(2-4-8)13-16-11-10(22-13)6-5-9(14(17)18)12(11)23(19,20)21/h1-6H,15H2,(H,17,18)(H,19,20,21). The maximum absolute atomic E-state index is 11.6. The summed E-state index contributed by atoms with van der Waals surface area (Å²) in [5, 5.41) is 9.62. The monoisotopic (exact) mass is 350 g/mol. The van der Waals surface area contributed by atoms with Crippen molar-refractivity contribution in [3.8, 4) is 10.6 Å². The Morgan fingerprint density at radius 2 is 1.78 bits per heavy atom. The number of carbonyl (C=O) groups is 1. The van der Waals surface area contributed by atoms with E-state index in [1.54, 1.807) is 24.3 Å². The summed E-state index contributed by atoms with van der Waals surface area (Å²) in [5.74, 6) is -1.46. The van der Waals surface area contributed by atoms with Gasteiger partial charge in [0.15, 0.2) is 0 Å². The number of aromatic nitrogens is 1. The first-order chi connectivity index (χ1) is 10.8. The van der Waals surface area contributed by atoms with Crippen molar-refractivity contribution in [3.05, 3.63) is 42.0 Å². The fourth-order valence-electron chi connectivity index (χ4n) is 2.15. The molecule has 0 fully saturated rings. The summed E-state index contributed by atoms with van der Waals surface area (Å²) >= 11 is 1.19. The Morgan fingerprint density at radius 1 is 1.13 bits per heavy atom. The molecule has 0 aliphatic heterocycles. The zero-order chi connectivity index (χ0) is 16.8. The lowest BCUT2D eigenvalue weighted by molar-refractivity contribution is 0.0692. The van der Waals surface area contributed by atoms with Crippen molar-refractivity contribution < 1.29 is 22.9 Å². The van der Waals surface area contributed by atoms with Gasteiger partial charge in [-0.15, -0.1) is 11.3 Å². The Balaban J connectivity index is 2.32. The third-order valence-corrected chi connectivity index (χ3v) is 5.16. The van der Waals surface area contributed by atoms with Crippen LogP contribution in [0.4, 0.5) is 5.69 Å². The van der Waals surface area contributed by atoms with Crippen molar-refractivity contribution in [1.82, 2.24) is 4.98 Å². The van der Waals surface area contributed by atoms with Crippen molar-refractivity contribution in [2.75, 3.05) is 5.73 Å². The summed E-state index contributed by atoms with van der Waals surface area (Å²) in [4.78, 5) is 14.7. The van der Waals surface area contributed by atoms with Gasteiger partial charge in [0.25, 0.3) is 10.1 Å². The van der Waals surface area contributed by atoms with Crippen LogP contribution in [0, 0.1) is 0 Å². The van der Waals surface area contributed by atoms with Gasteiger partial charge in [-0.3, -0.25) is 4.55 Å². The highest BCUT2D eigenvalue weighted by atomic mass is 32.2. The van der Waals surface area contributed by atoms with E-state index >= 15 is 0 Å². The fourth-order valence-corrected chi connectivity index (χ4v) is 4.03. The molecule has 0 aliphatic carbocycles. The van der Waals surface area contributed by atoms with Crippen LogP contribution in [-0.4, -0.2) is 29.0 Å². The number of nitrogens with two attached hydrogens (primary N) is 1. The van der Waals surface area contributed by atoms with Crippen LogP contribution in [-0.2, 0) is 10.1 Å². The Kier molecular flexibility index (Phi) is 3.55. The van der Waals surface area contributed by atoms with E-state index in [1.807, 2.05) is 0 Å². The van der Waals surface area contributed by atoms with Gasteiger partial charge < -0.3 is 10.8 Å². The first kappa shape index (κ1) is 15.4. The van der Waals surface area contributed by atoms with Gasteiger partial charge in [-0.05, 0) is 36.4 Å². The summed E-state index contributed by atoms with van der Waals surface area (Å²) < 4.78 is 33.0. The molecule has 23 heavy (non-hydrogen) atoms. The average molecular weight is 350 g/mol. The Morgan fingerprint density at radius 3 is 2.35 bits per heavy atom. The first-order valence-corrected chi connectivity index (χ1v) is 8.53. The summed E-state index contributed by atoms with van der Waals surface area (Å²) in [6, 6.07) is 9.39. The fraction of sp³-hybridized carbons (Fsp3) is 0. The number of rotatable bonds is 3. The van der Waals surface area contributed by atoms with E-state index < -0.39 is 26.5 Å². The van der Waals surface area contributed by atoms with E-state index in [9.17, 15) is 17.8 Å². The Bertz CT molecular complexity index is 1020. The highest BCUT2D eigenvalue weighted by Crippen LogP contribution is 2.35. The quantitative estimate of drug-likeness (QED) is 0.488. The number of nitrogens with zero attached hydrogens (tertiary/aromatic N) is 1. The number of hydrogen-bond acceptors (Lipinski definition) is 6. The van der Waals surface area contributed by atoms with Crippen LogP contribution in [0.2, 0.25) is 0 Å². The van der Waals surface area contributed by atoms with Crippen molar-refractivity contribution >= 4 is 43.3 Å². The molecule has 4 N–H and O–H groups in total. The minimum atomic E-state index is -4.74. The van der Waals surface area contributed by atoms with E-state index in [2.05, 4.69) is 4.98 Å². The summed E-state index contributed by atoms with van der Waals surface area (Å²) in [5.41, 5.74) is 6.31. The van der Waals surface area contributed by atoms with Gasteiger partial charge in [-0.1, -0.05) is 0 Å². The number of benzene rings is 2. The van der Waals surface area contributed by atoms with E-state index in [4.69, 9.17) is 10.8 Å². The van der Waals surface area contributed by atoms with E-state index in [0.717, 1.165) is 6.07 Å². The number of nitrogen functional groups attached to an aromatic ring is 1. The minimum Gasteiger partial charge on any atom is -0.478 e. The number of carboxylic acids is 1. The van der Waals surface area contributed by atoms with Crippen LogP contribution >= 0.6 is 11.3 Å². The largest absolute Gasteiger partial charge is 0.478 e. The van der Waals surface area contributed by atoms with Crippen molar-refractivity contribution in [1.29, 1.82) is 0 Å². The topological polar surface area (TPSA) is 131 Å². The molecular formula is C14H10N2O5S2. The van der Waals surface area contributed by atoms with Gasteiger partial charge in [0.2, 0.25) is 0 Å². The number of thiazole rings is 1. The van der Waals surface area contributed by atoms with Crippen molar-refractivity contribution in [3.63, 3.8) is 0 Å². The summed E-state index contributed by atoms with van der Waals surface area (Å²) in [6.07, 6.45) is 0. The van der Waals surface area contributed by atoms with Crippen molar-refractivity contribution in [2.45, 2.75) is 4.90 Å². The van der Waals surface area contributed by atoms with Crippen LogP contribution in [0.25, 0.3) is 20.8 Å². The van der Waals surface area contributed by atoms with Gasteiger partial charge in [0, 0.05) is 11.3 Å².